The molecule has 0 saturated carbocycles. The normalized spacial score (nSPS) is 10.6. The van der Waals surface area contributed by atoms with Crippen molar-refractivity contribution in [3.63, 3.8) is 0 Å². The highest BCUT2D eigenvalue weighted by Gasteiger charge is 2.12. The smallest absolute Gasteiger partial charge is 0.242 e. The van der Waals surface area contributed by atoms with Crippen molar-refractivity contribution in [2.75, 3.05) is 12.4 Å². The van der Waals surface area contributed by atoms with Crippen molar-refractivity contribution in [1.82, 2.24) is 20.2 Å². The summed E-state index contributed by atoms with van der Waals surface area (Å²) in [5.41, 5.74) is 1.71. The number of nitrogens with zero attached hydrogens (tertiary/aromatic N) is 4. The van der Waals surface area contributed by atoms with E-state index in [9.17, 15) is 0 Å². The summed E-state index contributed by atoms with van der Waals surface area (Å²) in [4.78, 5) is 0. The number of tetrazole rings is 1. The van der Waals surface area contributed by atoms with Gasteiger partial charge >= 0.3 is 0 Å². The number of halogens is 2. The Bertz CT molecular complexity index is 901. The molecule has 2 aromatic carbocycles. The van der Waals surface area contributed by atoms with E-state index in [1.165, 1.54) is 4.68 Å². The van der Waals surface area contributed by atoms with Gasteiger partial charge in [-0.25, -0.2) is 4.68 Å². The van der Waals surface area contributed by atoms with Crippen LogP contribution in [0.15, 0.2) is 36.4 Å². The summed E-state index contributed by atoms with van der Waals surface area (Å²) in [6.07, 6.45) is 0. The van der Waals surface area contributed by atoms with Crippen LogP contribution >= 0.6 is 23.2 Å². The molecule has 0 unspecified atom stereocenters. The topological polar surface area (TPSA) is 74.1 Å². The summed E-state index contributed by atoms with van der Waals surface area (Å²) in [6, 6.07) is 11.1. The Balaban J connectivity index is 1.74. The third-order valence-corrected chi connectivity index (χ3v) is 4.45. The number of ether oxygens (including phenoxy) is 2. The molecule has 0 aliphatic heterocycles. The molecule has 136 valence electrons. The van der Waals surface area contributed by atoms with Gasteiger partial charge in [-0.3, -0.25) is 0 Å². The fourth-order valence-electron chi connectivity index (χ4n) is 2.31. The molecule has 7 nitrogen and oxygen atoms in total. The van der Waals surface area contributed by atoms with Crippen molar-refractivity contribution in [3.8, 4) is 11.5 Å². The molecule has 0 saturated heterocycles. The first-order valence-corrected chi connectivity index (χ1v) is 8.53. The molecule has 26 heavy (non-hydrogen) atoms. The molecule has 0 aliphatic carbocycles. The molecule has 1 N–H and O–H groups in total. The average Bonchev–Trinajstić information content (AvgIpc) is 3.05. The van der Waals surface area contributed by atoms with Crippen LogP contribution < -0.4 is 14.8 Å². The number of methoxy groups -OCH3 is 1. The molecule has 0 atom stereocenters. The predicted molar refractivity (Wildman–Crippen MR) is 99.9 cm³/mol. The maximum absolute atomic E-state index is 6.39. The number of anilines is 1. The van der Waals surface area contributed by atoms with Crippen molar-refractivity contribution < 1.29 is 9.47 Å². The number of nitrogens with one attached hydrogen (secondary N) is 1. The van der Waals surface area contributed by atoms with Gasteiger partial charge in [-0.15, -0.1) is 0 Å². The van der Waals surface area contributed by atoms with Gasteiger partial charge in [0.05, 0.1) is 7.11 Å². The molecular formula is C17H17Cl2N5O2. The van der Waals surface area contributed by atoms with E-state index >= 15 is 0 Å². The van der Waals surface area contributed by atoms with E-state index in [1.807, 2.05) is 30.3 Å². The zero-order valence-electron chi connectivity index (χ0n) is 14.2. The summed E-state index contributed by atoms with van der Waals surface area (Å²) in [6.45, 7) is 0.753. The van der Waals surface area contributed by atoms with E-state index in [0.29, 0.717) is 40.6 Å². The Morgan fingerprint density at radius 1 is 1.08 bits per heavy atom. The Hall–Kier alpha value is -2.51. The van der Waals surface area contributed by atoms with Gasteiger partial charge in [0, 0.05) is 35.3 Å². The number of hydrogen-bond donors (Lipinski definition) is 1. The second-order valence-electron chi connectivity index (χ2n) is 5.45. The van der Waals surface area contributed by atoms with Crippen molar-refractivity contribution >= 4 is 29.2 Å². The standard InChI is InChI=1S/C17H17Cl2N5O2/c1-24-17(21-22-23-24)20-9-12-7-15(25-2)16(8-14(12)19)26-10-11-5-3-4-6-13(11)18/h3-8H,9-10H2,1-2H3,(H,20,21,23). The Labute approximate surface area is 160 Å². The quantitative estimate of drug-likeness (QED) is 0.659. The summed E-state index contributed by atoms with van der Waals surface area (Å²) < 4.78 is 12.8. The van der Waals surface area contributed by atoms with Crippen LogP contribution in [0.3, 0.4) is 0 Å². The second kappa shape index (κ2) is 8.25. The van der Waals surface area contributed by atoms with Crippen molar-refractivity contribution in [3.05, 3.63) is 57.6 Å². The van der Waals surface area contributed by atoms with E-state index < -0.39 is 0 Å². The number of aromatic nitrogens is 4. The van der Waals surface area contributed by atoms with E-state index in [4.69, 9.17) is 32.7 Å². The average molecular weight is 394 g/mol. The second-order valence-corrected chi connectivity index (χ2v) is 6.27. The van der Waals surface area contributed by atoms with Gasteiger partial charge in [-0.2, -0.15) is 0 Å². The van der Waals surface area contributed by atoms with Crippen LogP contribution in [0.1, 0.15) is 11.1 Å². The van der Waals surface area contributed by atoms with Gasteiger partial charge in [0.25, 0.3) is 0 Å². The van der Waals surface area contributed by atoms with Crippen LogP contribution in [0.5, 0.6) is 11.5 Å². The van der Waals surface area contributed by atoms with Crippen LogP contribution in [-0.4, -0.2) is 27.3 Å². The SMILES string of the molecule is COc1cc(CNc2nnnn2C)c(Cl)cc1OCc1ccccc1Cl. The Morgan fingerprint density at radius 2 is 1.88 bits per heavy atom. The molecule has 0 bridgehead atoms. The summed E-state index contributed by atoms with van der Waals surface area (Å²) >= 11 is 12.6. The third kappa shape index (κ3) is 4.17. The van der Waals surface area contributed by atoms with Gasteiger partial charge in [0.15, 0.2) is 11.5 Å². The minimum Gasteiger partial charge on any atom is -0.493 e. The molecular weight excluding hydrogens is 377 g/mol. The Kier molecular flexibility index (Phi) is 5.80. The van der Waals surface area contributed by atoms with Gasteiger partial charge in [0.1, 0.15) is 6.61 Å². The molecule has 0 fully saturated rings. The number of aryl methyl sites for hydroxylation is 1. The molecule has 0 radical (unpaired) electrons. The first-order chi connectivity index (χ1) is 12.6. The fourth-order valence-corrected chi connectivity index (χ4v) is 2.72. The van der Waals surface area contributed by atoms with E-state index in [1.54, 1.807) is 20.2 Å². The first kappa shape index (κ1) is 18.3. The zero-order valence-corrected chi connectivity index (χ0v) is 15.8. The molecule has 1 aromatic heterocycles. The van der Waals surface area contributed by atoms with E-state index in [0.717, 1.165) is 11.1 Å². The van der Waals surface area contributed by atoms with Crippen molar-refractivity contribution in [2.24, 2.45) is 7.05 Å². The molecule has 0 amide bonds. The van der Waals surface area contributed by atoms with Crippen molar-refractivity contribution in [2.45, 2.75) is 13.2 Å². The summed E-state index contributed by atoms with van der Waals surface area (Å²) in [5, 5.41) is 15.5. The molecule has 3 rings (SSSR count). The van der Waals surface area contributed by atoms with Crippen LogP contribution in [-0.2, 0) is 20.2 Å². The van der Waals surface area contributed by atoms with Gasteiger partial charge < -0.3 is 14.8 Å². The minimum atomic E-state index is 0.314. The maximum atomic E-state index is 6.39. The lowest BCUT2D eigenvalue weighted by atomic mass is 10.2. The van der Waals surface area contributed by atoms with Crippen LogP contribution in [0.2, 0.25) is 10.0 Å². The molecule has 9 heteroatoms. The number of hydrogen-bond acceptors (Lipinski definition) is 6. The first-order valence-electron chi connectivity index (χ1n) is 7.77. The highest BCUT2D eigenvalue weighted by Crippen LogP contribution is 2.34. The maximum Gasteiger partial charge on any atom is 0.242 e. The lowest BCUT2D eigenvalue weighted by Crippen LogP contribution is -2.07. The van der Waals surface area contributed by atoms with Gasteiger partial charge in [-0.1, -0.05) is 46.5 Å². The number of benzene rings is 2. The molecule has 1 heterocycles. The lowest BCUT2D eigenvalue weighted by Gasteiger charge is -2.14. The fraction of sp³-hybridized carbons (Fsp3) is 0.235. The highest BCUT2D eigenvalue weighted by atomic mass is 35.5. The van der Waals surface area contributed by atoms with E-state index in [-0.39, 0.29) is 0 Å². The Morgan fingerprint density at radius 3 is 2.58 bits per heavy atom. The molecule has 3 aromatic rings. The lowest BCUT2D eigenvalue weighted by molar-refractivity contribution is 0.284. The van der Waals surface area contributed by atoms with Crippen molar-refractivity contribution in [1.29, 1.82) is 0 Å². The largest absolute Gasteiger partial charge is 0.493 e. The monoisotopic (exact) mass is 393 g/mol. The highest BCUT2D eigenvalue weighted by molar-refractivity contribution is 6.31. The zero-order chi connectivity index (χ0) is 18.5. The van der Waals surface area contributed by atoms with Crippen LogP contribution in [0, 0.1) is 0 Å². The molecule has 0 aliphatic rings. The van der Waals surface area contributed by atoms with Gasteiger partial charge in [0.2, 0.25) is 5.95 Å². The summed E-state index contributed by atoms with van der Waals surface area (Å²) in [5.74, 6) is 1.66. The third-order valence-electron chi connectivity index (χ3n) is 3.73. The minimum absolute atomic E-state index is 0.314. The van der Waals surface area contributed by atoms with Crippen LogP contribution in [0.25, 0.3) is 0 Å². The summed E-state index contributed by atoms with van der Waals surface area (Å²) in [7, 11) is 3.32. The van der Waals surface area contributed by atoms with Gasteiger partial charge in [-0.05, 0) is 28.1 Å². The number of rotatable bonds is 7. The predicted octanol–water partition coefficient (Wildman–Crippen LogP) is 3.72. The van der Waals surface area contributed by atoms with E-state index in [2.05, 4.69) is 20.8 Å². The molecule has 0 spiro atoms. The van der Waals surface area contributed by atoms with Crippen LogP contribution in [0.4, 0.5) is 5.95 Å².